The van der Waals surface area contributed by atoms with Crippen molar-refractivity contribution >= 4 is 0 Å². The van der Waals surface area contributed by atoms with Crippen molar-refractivity contribution in [1.82, 2.24) is 10.3 Å². The number of pyridine rings is 1. The minimum atomic E-state index is -0.252. The van der Waals surface area contributed by atoms with Gasteiger partial charge in [0, 0.05) is 20.4 Å². The summed E-state index contributed by atoms with van der Waals surface area (Å²) in [7, 11) is 0. The Hall–Kier alpha value is -1.98. The van der Waals surface area contributed by atoms with Crippen LogP contribution in [-0.4, -0.2) is 29.8 Å². The van der Waals surface area contributed by atoms with E-state index in [0.29, 0.717) is 36.6 Å². The summed E-state index contributed by atoms with van der Waals surface area (Å²) in [6.07, 6.45) is 3.82. The fourth-order valence-electron chi connectivity index (χ4n) is 1.78. The number of ether oxygens (including phenoxy) is 1. The van der Waals surface area contributed by atoms with Gasteiger partial charge < -0.3 is 15.2 Å². The van der Waals surface area contributed by atoms with Crippen LogP contribution in [0.4, 0.5) is 4.39 Å². The van der Waals surface area contributed by atoms with Crippen molar-refractivity contribution in [3.63, 3.8) is 0 Å². The van der Waals surface area contributed by atoms with Gasteiger partial charge in [-0.25, -0.2) is 4.39 Å². The van der Waals surface area contributed by atoms with Gasteiger partial charge in [0.25, 0.3) is 0 Å². The van der Waals surface area contributed by atoms with Gasteiger partial charge >= 0.3 is 0 Å². The van der Waals surface area contributed by atoms with Gasteiger partial charge in [-0.05, 0) is 48.9 Å². The Balaban J connectivity index is 0.00000220. The molecule has 0 spiro atoms. The molecule has 0 saturated heterocycles. The molecular weight excluding hydrogens is 259 g/mol. The van der Waals surface area contributed by atoms with Crippen molar-refractivity contribution in [3.05, 3.63) is 54.1 Å². The first kappa shape index (κ1) is 14.4. The van der Waals surface area contributed by atoms with Crippen molar-refractivity contribution in [1.29, 1.82) is 0 Å². The Morgan fingerprint density at radius 1 is 1.15 bits per heavy atom. The van der Waals surface area contributed by atoms with Crippen molar-refractivity contribution < 1.29 is 15.7 Å². The maximum Gasteiger partial charge on any atom is 0.130 e. The fraction of sp³-hybridized carbons (Fsp3) is 0.267. The Labute approximate surface area is 118 Å². The van der Waals surface area contributed by atoms with Crippen LogP contribution in [0.15, 0.2) is 42.7 Å². The van der Waals surface area contributed by atoms with Crippen molar-refractivity contribution in [2.75, 3.05) is 19.7 Å². The molecule has 0 aliphatic carbocycles. The molecular formula is C15H19FN2O2. The van der Waals surface area contributed by atoms with Gasteiger partial charge in [0.15, 0.2) is 0 Å². The minimum Gasteiger partial charge on any atom is -0.457 e. The SMILES string of the molecule is OCCNCCc1cc(Oc2ccncc2)ccc1F.[HH]. The normalized spacial score (nSPS) is 10.5. The van der Waals surface area contributed by atoms with Crippen LogP contribution < -0.4 is 10.1 Å². The molecule has 5 heteroatoms. The Morgan fingerprint density at radius 3 is 2.70 bits per heavy atom. The maximum absolute atomic E-state index is 13.7. The summed E-state index contributed by atoms with van der Waals surface area (Å²) in [5.74, 6) is 1.00. The lowest BCUT2D eigenvalue weighted by Gasteiger charge is -2.09. The molecule has 0 atom stereocenters. The van der Waals surface area contributed by atoms with E-state index in [-0.39, 0.29) is 13.9 Å². The molecule has 2 N–H and O–H groups in total. The molecule has 108 valence electrons. The van der Waals surface area contributed by atoms with Gasteiger partial charge in [-0.2, -0.15) is 0 Å². The fourth-order valence-corrected chi connectivity index (χ4v) is 1.78. The molecule has 0 aliphatic rings. The van der Waals surface area contributed by atoms with Gasteiger partial charge in [0.05, 0.1) is 6.61 Å². The molecule has 0 saturated carbocycles. The first-order valence-electron chi connectivity index (χ1n) is 6.47. The van der Waals surface area contributed by atoms with Gasteiger partial charge in [-0.15, -0.1) is 0 Å². The third kappa shape index (κ3) is 4.29. The molecule has 0 radical (unpaired) electrons. The summed E-state index contributed by atoms with van der Waals surface area (Å²) in [6.45, 7) is 1.19. The number of nitrogens with zero attached hydrogens (tertiary/aromatic N) is 1. The van der Waals surface area contributed by atoms with E-state index in [1.807, 2.05) is 0 Å². The standard InChI is InChI=1S/C15H17FN2O2.H2/c16-15-2-1-14(20-13-4-7-17-8-5-13)11-12(15)3-6-18-9-10-19;/h1-2,4-5,7-8,11,18-19H,3,6,9-10H2;1H. The number of hydrogen-bond acceptors (Lipinski definition) is 4. The van der Waals surface area contributed by atoms with E-state index >= 15 is 0 Å². The number of aliphatic hydroxyl groups excluding tert-OH is 1. The zero-order valence-corrected chi connectivity index (χ0v) is 11.1. The van der Waals surface area contributed by atoms with E-state index in [9.17, 15) is 4.39 Å². The lowest BCUT2D eigenvalue weighted by molar-refractivity contribution is 0.292. The highest BCUT2D eigenvalue weighted by molar-refractivity contribution is 5.34. The summed E-state index contributed by atoms with van der Waals surface area (Å²) in [6, 6.07) is 8.17. The predicted octanol–water partition coefficient (Wildman–Crippen LogP) is 2.38. The Morgan fingerprint density at radius 2 is 1.95 bits per heavy atom. The molecule has 2 aromatic rings. The third-order valence-electron chi connectivity index (χ3n) is 2.76. The lowest BCUT2D eigenvalue weighted by Crippen LogP contribution is -2.21. The molecule has 4 nitrogen and oxygen atoms in total. The smallest absolute Gasteiger partial charge is 0.130 e. The Bertz CT molecular complexity index is 540. The van der Waals surface area contributed by atoms with Gasteiger partial charge in [-0.3, -0.25) is 4.98 Å². The summed E-state index contributed by atoms with van der Waals surface area (Å²) < 4.78 is 19.3. The first-order valence-corrected chi connectivity index (χ1v) is 6.47. The predicted molar refractivity (Wildman–Crippen MR) is 76.5 cm³/mol. The van der Waals surface area contributed by atoms with Gasteiger partial charge in [-0.1, -0.05) is 0 Å². The second kappa shape index (κ2) is 7.57. The van der Waals surface area contributed by atoms with Crippen LogP contribution in [0.5, 0.6) is 11.5 Å². The third-order valence-corrected chi connectivity index (χ3v) is 2.76. The topological polar surface area (TPSA) is 54.4 Å². The minimum absolute atomic E-state index is 0. The number of rotatable bonds is 7. The van der Waals surface area contributed by atoms with Crippen LogP contribution >= 0.6 is 0 Å². The summed E-state index contributed by atoms with van der Waals surface area (Å²) in [4.78, 5) is 3.91. The van der Waals surface area contributed by atoms with Crippen molar-refractivity contribution in [2.24, 2.45) is 0 Å². The molecule has 0 bridgehead atoms. The van der Waals surface area contributed by atoms with E-state index in [0.717, 1.165) is 0 Å². The van der Waals surface area contributed by atoms with Crippen molar-refractivity contribution in [2.45, 2.75) is 6.42 Å². The summed E-state index contributed by atoms with van der Waals surface area (Å²) in [5, 5.41) is 11.7. The number of aromatic nitrogens is 1. The summed E-state index contributed by atoms with van der Waals surface area (Å²) >= 11 is 0. The van der Waals surface area contributed by atoms with E-state index in [2.05, 4.69) is 10.3 Å². The molecule has 0 unspecified atom stereocenters. The number of aliphatic hydroxyl groups is 1. The van der Waals surface area contributed by atoms with Crippen LogP contribution in [0, 0.1) is 5.82 Å². The molecule has 0 amide bonds. The van der Waals surface area contributed by atoms with E-state index in [1.54, 1.807) is 36.7 Å². The average Bonchev–Trinajstić information content (AvgIpc) is 2.48. The molecule has 0 aliphatic heterocycles. The number of hydrogen-bond donors (Lipinski definition) is 2. The monoisotopic (exact) mass is 278 g/mol. The van der Waals surface area contributed by atoms with Crippen LogP contribution in [0.25, 0.3) is 0 Å². The molecule has 1 heterocycles. The highest BCUT2D eigenvalue weighted by Gasteiger charge is 2.05. The lowest BCUT2D eigenvalue weighted by atomic mass is 10.1. The average molecular weight is 278 g/mol. The molecule has 20 heavy (non-hydrogen) atoms. The van der Waals surface area contributed by atoms with E-state index in [1.165, 1.54) is 6.07 Å². The number of nitrogens with one attached hydrogen (secondary N) is 1. The number of benzene rings is 1. The van der Waals surface area contributed by atoms with Crippen molar-refractivity contribution in [3.8, 4) is 11.5 Å². The van der Waals surface area contributed by atoms with E-state index in [4.69, 9.17) is 9.84 Å². The number of halogens is 1. The highest BCUT2D eigenvalue weighted by atomic mass is 19.1. The van der Waals surface area contributed by atoms with Crippen LogP contribution in [0.1, 0.15) is 6.99 Å². The zero-order valence-electron chi connectivity index (χ0n) is 11.1. The highest BCUT2D eigenvalue weighted by Crippen LogP contribution is 2.23. The second-order valence-electron chi connectivity index (χ2n) is 4.26. The summed E-state index contributed by atoms with van der Waals surface area (Å²) in [5.41, 5.74) is 0.585. The molecule has 2 rings (SSSR count). The maximum atomic E-state index is 13.7. The molecule has 1 aromatic carbocycles. The van der Waals surface area contributed by atoms with Crippen LogP contribution in [0.2, 0.25) is 0 Å². The van der Waals surface area contributed by atoms with Gasteiger partial charge in [0.2, 0.25) is 0 Å². The van der Waals surface area contributed by atoms with Crippen LogP contribution in [-0.2, 0) is 6.42 Å². The van der Waals surface area contributed by atoms with Crippen LogP contribution in [0.3, 0.4) is 0 Å². The van der Waals surface area contributed by atoms with Gasteiger partial charge in [0.1, 0.15) is 17.3 Å². The largest absolute Gasteiger partial charge is 0.457 e. The second-order valence-corrected chi connectivity index (χ2v) is 4.26. The quantitative estimate of drug-likeness (QED) is 0.764. The molecule has 1 aromatic heterocycles. The van der Waals surface area contributed by atoms with E-state index < -0.39 is 0 Å². The zero-order chi connectivity index (χ0) is 14.2. The Kier molecular flexibility index (Phi) is 5.46. The molecule has 0 fully saturated rings. The first-order chi connectivity index (χ1) is 9.79.